The van der Waals surface area contributed by atoms with Crippen LogP contribution >= 0.6 is 0 Å². The standard InChI is InChI=1S/C20H32N2O4/c1-5-25-18-10-8-17(9-11-18)16-19(23)22(14-7-13-21(3)4)15-12-20(24)26-6-2/h8-11H,5-7,12-16H2,1-4H3. The number of carbonyl (C=O) groups is 2. The van der Waals surface area contributed by atoms with Gasteiger partial charge in [0.1, 0.15) is 5.75 Å². The zero-order chi connectivity index (χ0) is 19.4. The molecule has 0 saturated carbocycles. The zero-order valence-corrected chi connectivity index (χ0v) is 16.5. The SMILES string of the molecule is CCOC(=O)CCN(CCCN(C)C)C(=O)Cc1ccc(OCC)cc1. The van der Waals surface area contributed by atoms with Crippen molar-refractivity contribution in [2.45, 2.75) is 33.1 Å². The average molecular weight is 364 g/mol. The molecular formula is C20H32N2O4. The van der Waals surface area contributed by atoms with Crippen LogP contribution in [0.4, 0.5) is 0 Å². The number of rotatable bonds is 12. The molecule has 0 saturated heterocycles. The minimum Gasteiger partial charge on any atom is -0.494 e. The molecule has 0 aliphatic carbocycles. The topological polar surface area (TPSA) is 59.1 Å². The van der Waals surface area contributed by atoms with Crippen LogP contribution in [0.1, 0.15) is 32.3 Å². The van der Waals surface area contributed by atoms with E-state index < -0.39 is 0 Å². The van der Waals surface area contributed by atoms with Gasteiger partial charge in [-0.05, 0) is 58.6 Å². The Balaban J connectivity index is 2.63. The molecule has 0 spiro atoms. The average Bonchev–Trinajstić information content (AvgIpc) is 2.59. The molecule has 26 heavy (non-hydrogen) atoms. The molecule has 0 aliphatic rings. The summed E-state index contributed by atoms with van der Waals surface area (Å²) in [5.74, 6) is 0.560. The normalized spacial score (nSPS) is 10.7. The molecule has 0 aromatic heterocycles. The summed E-state index contributed by atoms with van der Waals surface area (Å²) in [5, 5.41) is 0. The molecule has 6 heteroatoms. The Bertz CT molecular complexity index is 543. The first-order valence-electron chi connectivity index (χ1n) is 9.26. The largest absolute Gasteiger partial charge is 0.494 e. The highest BCUT2D eigenvalue weighted by atomic mass is 16.5. The highest BCUT2D eigenvalue weighted by Gasteiger charge is 2.16. The summed E-state index contributed by atoms with van der Waals surface area (Å²) in [6.45, 7) is 6.61. The maximum atomic E-state index is 12.7. The van der Waals surface area contributed by atoms with Gasteiger partial charge < -0.3 is 19.3 Å². The maximum absolute atomic E-state index is 12.7. The summed E-state index contributed by atoms with van der Waals surface area (Å²) >= 11 is 0. The molecule has 0 heterocycles. The van der Waals surface area contributed by atoms with Crippen LogP contribution in [0.15, 0.2) is 24.3 Å². The fraction of sp³-hybridized carbons (Fsp3) is 0.600. The van der Waals surface area contributed by atoms with Crippen LogP contribution in [0.5, 0.6) is 5.75 Å². The summed E-state index contributed by atoms with van der Waals surface area (Å²) in [6.07, 6.45) is 1.41. The van der Waals surface area contributed by atoms with Gasteiger partial charge in [-0.15, -0.1) is 0 Å². The molecule has 1 rings (SSSR count). The lowest BCUT2D eigenvalue weighted by atomic mass is 10.1. The van der Waals surface area contributed by atoms with Crippen LogP contribution in [0.3, 0.4) is 0 Å². The van der Waals surface area contributed by atoms with Gasteiger partial charge in [0.2, 0.25) is 5.91 Å². The third-order valence-electron chi connectivity index (χ3n) is 3.87. The van der Waals surface area contributed by atoms with E-state index in [9.17, 15) is 9.59 Å². The number of ether oxygens (including phenoxy) is 2. The van der Waals surface area contributed by atoms with Gasteiger partial charge in [-0.2, -0.15) is 0 Å². The quantitative estimate of drug-likeness (QED) is 0.533. The van der Waals surface area contributed by atoms with Crippen LogP contribution in [-0.2, 0) is 20.7 Å². The first-order chi connectivity index (χ1) is 12.5. The first kappa shape index (κ1) is 22.0. The minimum atomic E-state index is -0.265. The second-order valence-electron chi connectivity index (χ2n) is 6.35. The summed E-state index contributed by atoms with van der Waals surface area (Å²) in [5.41, 5.74) is 0.937. The Morgan fingerprint density at radius 3 is 2.23 bits per heavy atom. The van der Waals surface area contributed by atoms with Crippen molar-refractivity contribution >= 4 is 11.9 Å². The second-order valence-corrected chi connectivity index (χ2v) is 6.35. The Kier molecular flexibility index (Phi) is 10.4. The smallest absolute Gasteiger partial charge is 0.307 e. The summed E-state index contributed by atoms with van der Waals surface area (Å²) in [4.78, 5) is 28.2. The van der Waals surface area contributed by atoms with E-state index in [-0.39, 0.29) is 18.3 Å². The van der Waals surface area contributed by atoms with E-state index in [0.717, 1.165) is 24.3 Å². The molecule has 0 N–H and O–H groups in total. The maximum Gasteiger partial charge on any atom is 0.307 e. The molecule has 0 atom stereocenters. The van der Waals surface area contributed by atoms with Crippen LogP contribution in [0.25, 0.3) is 0 Å². The van der Waals surface area contributed by atoms with Crippen molar-refractivity contribution in [3.8, 4) is 5.75 Å². The van der Waals surface area contributed by atoms with Crippen LogP contribution in [0.2, 0.25) is 0 Å². The van der Waals surface area contributed by atoms with Crippen molar-refractivity contribution in [1.29, 1.82) is 0 Å². The Morgan fingerprint density at radius 1 is 0.962 bits per heavy atom. The molecule has 0 bridgehead atoms. The van der Waals surface area contributed by atoms with Gasteiger partial charge in [-0.3, -0.25) is 9.59 Å². The number of nitrogens with zero attached hydrogens (tertiary/aromatic N) is 2. The number of hydrogen-bond donors (Lipinski definition) is 0. The van der Waals surface area contributed by atoms with Gasteiger partial charge in [0.05, 0.1) is 26.1 Å². The molecule has 1 aromatic rings. The number of hydrogen-bond acceptors (Lipinski definition) is 5. The van der Waals surface area contributed by atoms with E-state index >= 15 is 0 Å². The minimum absolute atomic E-state index is 0.0252. The monoisotopic (exact) mass is 364 g/mol. The van der Waals surface area contributed by atoms with Crippen molar-refractivity contribution in [2.24, 2.45) is 0 Å². The lowest BCUT2D eigenvalue weighted by Crippen LogP contribution is -2.36. The molecule has 0 unspecified atom stereocenters. The highest BCUT2D eigenvalue weighted by Crippen LogP contribution is 2.13. The van der Waals surface area contributed by atoms with Crippen molar-refractivity contribution in [3.63, 3.8) is 0 Å². The Morgan fingerprint density at radius 2 is 1.65 bits per heavy atom. The lowest BCUT2D eigenvalue weighted by Gasteiger charge is -2.23. The van der Waals surface area contributed by atoms with Gasteiger partial charge in [0, 0.05) is 13.1 Å². The van der Waals surface area contributed by atoms with Crippen molar-refractivity contribution in [1.82, 2.24) is 9.80 Å². The Hall–Kier alpha value is -2.08. The third-order valence-corrected chi connectivity index (χ3v) is 3.87. The number of esters is 1. The lowest BCUT2D eigenvalue weighted by molar-refractivity contribution is -0.144. The van der Waals surface area contributed by atoms with Crippen molar-refractivity contribution in [2.75, 3.05) is 46.9 Å². The van der Waals surface area contributed by atoms with E-state index in [4.69, 9.17) is 9.47 Å². The molecule has 1 amide bonds. The van der Waals surface area contributed by atoms with E-state index in [1.807, 2.05) is 45.3 Å². The summed E-state index contributed by atoms with van der Waals surface area (Å²) < 4.78 is 10.4. The summed E-state index contributed by atoms with van der Waals surface area (Å²) in [7, 11) is 4.01. The summed E-state index contributed by atoms with van der Waals surface area (Å²) in [6, 6.07) is 7.57. The highest BCUT2D eigenvalue weighted by molar-refractivity contribution is 5.79. The van der Waals surface area contributed by atoms with Crippen molar-refractivity contribution in [3.05, 3.63) is 29.8 Å². The molecule has 0 fully saturated rings. The van der Waals surface area contributed by atoms with Crippen LogP contribution in [-0.4, -0.2) is 68.6 Å². The first-order valence-corrected chi connectivity index (χ1v) is 9.26. The zero-order valence-electron chi connectivity index (χ0n) is 16.5. The van der Waals surface area contributed by atoms with Gasteiger partial charge in [-0.25, -0.2) is 0 Å². The predicted octanol–water partition coefficient (Wildman–Crippen LogP) is 2.36. The molecular weight excluding hydrogens is 332 g/mol. The number of amides is 1. The number of benzene rings is 1. The predicted molar refractivity (Wildman–Crippen MR) is 102 cm³/mol. The van der Waals surface area contributed by atoms with Crippen LogP contribution < -0.4 is 4.74 Å². The fourth-order valence-corrected chi connectivity index (χ4v) is 2.56. The van der Waals surface area contributed by atoms with E-state index in [1.165, 1.54) is 0 Å². The van der Waals surface area contributed by atoms with E-state index in [1.54, 1.807) is 11.8 Å². The fourth-order valence-electron chi connectivity index (χ4n) is 2.56. The molecule has 0 aliphatic heterocycles. The second kappa shape index (κ2) is 12.3. The van der Waals surface area contributed by atoms with E-state index in [2.05, 4.69) is 4.90 Å². The molecule has 146 valence electrons. The van der Waals surface area contributed by atoms with E-state index in [0.29, 0.717) is 32.7 Å². The third kappa shape index (κ3) is 8.85. The molecule has 1 aromatic carbocycles. The van der Waals surface area contributed by atoms with Gasteiger partial charge in [0.15, 0.2) is 0 Å². The van der Waals surface area contributed by atoms with Gasteiger partial charge >= 0.3 is 5.97 Å². The molecule has 6 nitrogen and oxygen atoms in total. The molecule has 0 radical (unpaired) electrons. The van der Waals surface area contributed by atoms with Crippen molar-refractivity contribution < 1.29 is 19.1 Å². The van der Waals surface area contributed by atoms with Gasteiger partial charge in [-0.1, -0.05) is 12.1 Å². The van der Waals surface area contributed by atoms with Crippen LogP contribution in [0, 0.1) is 0 Å². The van der Waals surface area contributed by atoms with Gasteiger partial charge in [0.25, 0.3) is 0 Å². The number of carbonyl (C=O) groups excluding carboxylic acids is 2. The Labute approximate surface area is 157 Å².